The predicted octanol–water partition coefficient (Wildman–Crippen LogP) is 2.62. The van der Waals surface area contributed by atoms with Crippen molar-refractivity contribution in [1.29, 1.82) is 5.26 Å². The van der Waals surface area contributed by atoms with Gasteiger partial charge >= 0.3 is 6.18 Å². The van der Waals surface area contributed by atoms with E-state index in [1.54, 1.807) is 0 Å². The Hall–Kier alpha value is -2.12. The minimum Gasteiger partial charge on any atom is -0.339 e. The van der Waals surface area contributed by atoms with E-state index in [1.165, 1.54) is 4.90 Å². The Labute approximate surface area is 161 Å². The van der Waals surface area contributed by atoms with Gasteiger partial charge in [0.05, 0.1) is 16.5 Å². The highest BCUT2D eigenvalue weighted by molar-refractivity contribution is 7.89. The van der Waals surface area contributed by atoms with E-state index in [-0.39, 0.29) is 32.1 Å². The second-order valence-corrected chi connectivity index (χ2v) is 9.06. The molecule has 6 nitrogen and oxygen atoms in total. The quantitative estimate of drug-likeness (QED) is 0.760. The molecule has 1 aliphatic carbocycles. The fourth-order valence-electron chi connectivity index (χ4n) is 3.77. The number of hydrogen-bond donors (Lipinski definition) is 0. The van der Waals surface area contributed by atoms with Crippen LogP contribution < -0.4 is 0 Å². The minimum absolute atomic E-state index is 0.0220. The fraction of sp³-hybridized carbons (Fsp3) is 0.556. The summed E-state index contributed by atoms with van der Waals surface area (Å²) in [6.45, 7) is 0.179. The van der Waals surface area contributed by atoms with Crippen molar-refractivity contribution in [2.45, 2.75) is 36.8 Å². The van der Waals surface area contributed by atoms with Gasteiger partial charge in [0, 0.05) is 26.2 Å². The number of nitrogens with zero attached hydrogens (tertiary/aromatic N) is 3. The third kappa shape index (κ3) is 3.73. The molecule has 1 saturated heterocycles. The summed E-state index contributed by atoms with van der Waals surface area (Å²) >= 11 is 0. The smallest absolute Gasteiger partial charge is 0.339 e. The molecule has 1 amide bonds. The van der Waals surface area contributed by atoms with Crippen LogP contribution in [0, 0.1) is 16.7 Å². The average Bonchev–Trinajstić information content (AvgIpc) is 3.17. The van der Waals surface area contributed by atoms with Crippen LogP contribution in [0.5, 0.6) is 0 Å². The Balaban J connectivity index is 1.72. The number of nitriles is 1. The molecule has 0 N–H and O–H groups in total. The summed E-state index contributed by atoms with van der Waals surface area (Å²) in [5, 5.41) is 9.44. The summed E-state index contributed by atoms with van der Waals surface area (Å²) in [6.07, 6.45) is -2.01. The van der Waals surface area contributed by atoms with Crippen molar-refractivity contribution in [2.24, 2.45) is 5.41 Å². The van der Waals surface area contributed by atoms with Gasteiger partial charge in [-0.2, -0.15) is 22.7 Å². The lowest BCUT2D eigenvalue weighted by Gasteiger charge is -2.37. The number of piperazine rings is 1. The van der Waals surface area contributed by atoms with Gasteiger partial charge in [0.1, 0.15) is 5.41 Å². The van der Waals surface area contributed by atoms with Crippen LogP contribution in [0.15, 0.2) is 29.2 Å². The number of sulfonamides is 1. The first-order valence-electron chi connectivity index (χ1n) is 8.98. The minimum atomic E-state index is -4.64. The molecule has 0 bridgehead atoms. The molecular formula is C18H20F3N3O3S. The van der Waals surface area contributed by atoms with E-state index in [0.29, 0.717) is 18.9 Å². The van der Waals surface area contributed by atoms with Gasteiger partial charge < -0.3 is 4.90 Å². The van der Waals surface area contributed by atoms with Crippen molar-refractivity contribution in [3.05, 3.63) is 29.8 Å². The SMILES string of the molecule is N#CC1(C(=O)N2CCN(S(=O)(=O)c3cccc(C(F)(F)F)c3)CC2)CCCC1. The van der Waals surface area contributed by atoms with Crippen molar-refractivity contribution < 1.29 is 26.4 Å². The lowest BCUT2D eigenvalue weighted by molar-refractivity contribution is -0.140. The second kappa shape index (κ2) is 7.37. The van der Waals surface area contributed by atoms with Crippen LogP contribution in [-0.4, -0.2) is 49.7 Å². The number of halogens is 3. The maximum Gasteiger partial charge on any atom is 0.416 e. The summed E-state index contributed by atoms with van der Waals surface area (Å²) in [5.41, 5.74) is -2.05. The van der Waals surface area contributed by atoms with Gasteiger partial charge in [-0.1, -0.05) is 18.9 Å². The summed E-state index contributed by atoms with van der Waals surface area (Å²) in [5.74, 6) is -0.274. The summed E-state index contributed by atoms with van der Waals surface area (Å²) in [6, 6.07) is 5.76. The molecule has 3 rings (SSSR count). The number of hydrogen-bond acceptors (Lipinski definition) is 4. The lowest BCUT2D eigenvalue weighted by Crippen LogP contribution is -2.53. The molecule has 0 aromatic heterocycles. The first-order chi connectivity index (χ1) is 13.1. The Morgan fingerprint density at radius 3 is 2.25 bits per heavy atom. The van der Waals surface area contributed by atoms with E-state index in [0.717, 1.165) is 35.3 Å². The molecule has 152 valence electrons. The Kier molecular flexibility index (Phi) is 5.42. The first kappa shape index (κ1) is 20.6. The van der Waals surface area contributed by atoms with Gasteiger partial charge in [-0.05, 0) is 31.0 Å². The Morgan fingerprint density at radius 2 is 1.71 bits per heavy atom. The van der Waals surface area contributed by atoms with Gasteiger partial charge in [0.2, 0.25) is 15.9 Å². The predicted molar refractivity (Wildman–Crippen MR) is 93.3 cm³/mol. The lowest BCUT2D eigenvalue weighted by atomic mass is 9.86. The van der Waals surface area contributed by atoms with Crippen molar-refractivity contribution in [3.8, 4) is 6.07 Å². The highest BCUT2D eigenvalue weighted by Crippen LogP contribution is 2.39. The third-order valence-corrected chi connectivity index (χ3v) is 7.30. The summed E-state index contributed by atoms with van der Waals surface area (Å²) in [4.78, 5) is 13.8. The molecule has 10 heteroatoms. The summed E-state index contributed by atoms with van der Waals surface area (Å²) in [7, 11) is -4.10. The molecule has 1 heterocycles. The molecule has 1 aromatic carbocycles. The molecule has 1 aromatic rings. The largest absolute Gasteiger partial charge is 0.416 e. The van der Waals surface area contributed by atoms with Crippen LogP contribution in [0.4, 0.5) is 13.2 Å². The number of alkyl halides is 3. The van der Waals surface area contributed by atoms with E-state index in [9.17, 15) is 31.6 Å². The van der Waals surface area contributed by atoms with Gasteiger partial charge in [-0.15, -0.1) is 0 Å². The third-order valence-electron chi connectivity index (χ3n) is 5.41. The molecular weight excluding hydrogens is 395 g/mol. The molecule has 1 aliphatic heterocycles. The van der Waals surface area contributed by atoms with Gasteiger partial charge in [0.25, 0.3) is 0 Å². The second-order valence-electron chi connectivity index (χ2n) is 7.12. The van der Waals surface area contributed by atoms with E-state index >= 15 is 0 Å². The zero-order chi connectivity index (χ0) is 20.6. The Morgan fingerprint density at radius 1 is 1.11 bits per heavy atom. The maximum atomic E-state index is 12.9. The monoisotopic (exact) mass is 415 g/mol. The molecule has 0 unspecified atom stereocenters. The number of benzene rings is 1. The molecule has 28 heavy (non-hydrogen) atoms. The fourth-order valence-corrected chi connectivity index (χ4v) is 5.24. The topological polar surface area (TPSA) is 81.5 Å². The van der Waals surface area contributed by atoms with E-state index in [4.69, 9.17) is 0 Å². The molecule has 2 fully saturated rings. The maximum absolute atomic E-state index is 12.9. The van der Waals surface area contributed by atoms with Gasteiger partial charge in [-0.3, -0.25) is 4.79 Å². The number of carbonyl (C=O) groups excluding carboxylic acids is 1. The number of carbonyl (C=O) groups is 1. The van der Waals surface area contributed by atoms with Crippen molar-refractivity contribution in [1.82, 2.24) is 9.21 Å². The van der Waals surface area contributed by atoms with Crippen LogP contribution in [-0.2, 0) is 21.0 Å². The van der Waals surface area contributed by atoms with Gasteiger partial charge in [0.15, 0.2) is 0 Å². The van der Waals surface area contributed by atoms with Crippen LogP contribution in [0.2, 0.25) is 0 Å². The molecule has 2 aliphatic rings. The van der Waals surface area contributed by atoms with Crippen LogP contribution >= 0.6 is 0 Å². The zero-order valence-electron chi connectivity index (χ0n) is 15.1. The van der Waals surface area contributed by atoms with Crippen LogP contribution in [0.1, 0.15) is 31.2 Å². The molecule has 0 atom stereocenters. The zero-order valence-corrected chi connectivity index (χ0v) is 15.9. The summed E-state index contributed by atoms with van der Waals surface area (Å²) < 4.78 is 65.2. The molecule has 0 spiro atoms. The normalized spacial score (nSPS) is 20.7. The average molecular weight is 415 g/mol. The molecule has 0 radical (unpaired) electrons. The Bertz CT molecular complexity index is 895. The standard InChI is InChI=1S/C18H20F3N3O3S/c19-18(20,21)14-4-3-5-15(12-14)28(26,27)24-10-8-23(9-11-24)16(25)17(13-22)6-1-2-7-17/h3-5,12H,1-2,6-11H2. The number of rotatable bonds is 3. The van der Waals surface area contributed by atoms with E-state index < -0.39 is 32.1 Å². The highest BCUT2D eigenvalue weighted by atomic mass is 32.2. The van der Waals surface area contributed by atoms with Crippen LogP contribution in [0.3, 0.4) is 0 Å². The van der Waals surface area contributed by atoms with Crippen molar-refractivity contribution in [2.75, 3.05) is 26.2 Å². The highest BCUT2D eigenvalue weighted by Gasteiger charge is 2.45. The van der Waals surface area contributed by atoms with Crippen molar-refractivity contribution in [3.63, 3.8) is 0 Å². The van der Waals surface area contributed by atoms with Crippen molar-refractivity contribution >= 4 is 15.9 Å². The van der Waals surface area contributed by atoms with Gasteiger partial charge in [-0.25, -0.2) is 8.42 Å². The van der Waals surface area contributed by atoms with E-state index in [2.05, 4.69) is 6.07 Å². The number of amides is 1. The van der Waals surface area contributed by atoms with E-state index in [1.807, 2.05) is 0 Å². The molecule has 1 saturated carbocycles. The first-order valence-corrected chi connectivity index (χ1v) is 10.4. The van der Waals surface area contributed by atoms with Crippen LogP contribution in [0.25, 0.3) is 0 Å².